The van der Waals surface area contributed by atoms with Crippen molar-refractivity contribution in [3.05, 3.63) is 90.0 Å². The summed E-state index contributed by atoms with van der Waals surface area (Å²) < 4.78 is 19.8. The van der Waals surface area contributed by atoms with Crippen LogP contribution in [0.5, 0.6) is 11.5 Å². The van der Waals surface area contributed by atoms with Crippen molar-refractivity contribution in [2.45, 2.75) is 12.5 Å². The maximum absolute atomic E-state index is 14.4. The predicted octanol–water partition coefficient (Wildman–Crippen LogP) is 3.72. The summed E-state index contributed by atoms with van der Waals surface area (Å²) in [7, 11) is 0. The molecule has 166 valence electrons. The molecule has 0 spiro atoms. The molecular formula is C24H19FN4O4. The molecule has 1 aliphatic rings. The highest BCUT2D eigenvalue weighted by Gasteiger charge is 2.43. The zero-order valence-electron chi connectivity index (χ0n) is 17.5. The van der Waals surface area contributed by atoms with Crippen LogP contribution in [-0.2, 0) is 15.1 Å². The van der Waals surface area contributed by atoms with Gasteiger partial charge in [0.05, 0.1) is 6.20 Å². The summed E-state index contributed by atoms with van der Waals surface area (Å²) >= 11 is 0. The largest absolute Gasteiger partial charge is 0.453 e. The maximum atomic E-state index is 14.4. The highest BCUT2D eigenvalue weighted by Crippen LogP contribution is 2.27. The normalized spacial score (nSPS) is 17.5. The summed E-state index contributed by atoms with van der Waals surface area (Å²) in [6, 6.07) is 13.7. The highest BCUT2D eigenvalue weighted by atomic mass is 19.1. The third-order valence-electron chi connectivity index (χ3n) is 5.00. The Morgan fingerprint density at radius 1 is 1.15 bits per heavy atom. The van der Waals surface area contributed by atoms with Crippen LogP contribution in [0.3, 0.4) is 0 Å². The molecule has 8 nitrogen and oxygen atoms in total. The molecule has 1 aliphatic heterocycles. The number of nitrogens with one attached hydrogen (secondary N) is 3. The zero-order chi connectivity index (χ0) is 23.4. The molecule has 4 rings (SSSR count). The van der Waals surface area contributed by atoms with E-state index in [1.807, 2.05) is 0 Å². The summed E-state index contributed by atoms with van der Waals surface area (Å²) in [5.74, 6) is -1.07. The minimum atomic E-state index is -1.23. The van der Waals surface area contributed by atoms with Gasteiger partial charge in [-0.15, -0.1) is 0 Å². The second-order valence-electron chi connectivity index (χ2n) is 7.42. The zero-order valence-corrected chi connectivity index (χ0v) is 17.5. The van der Waals surface area contributed by atoms with E-state index in [-0.39, 0.29) is 5.75 Å². The van der Waals surface area contributed by atoms with Crippen molar-refractivity contribution in [2.24, 2.45) is 0 Å². The van der Waals surface area contributed by atoms with Crippen LogP contribution in [0, 0.1) is 5.82 Å². The van der Waals surface area contributed by atoms with Gasteiger partial charge >= 0.3 is 6.03 Å². The molecule has 1 unspecified atom stereocenters. The Morgan fingerprint density at radius 2 is 2.00 bits per heavy atom. The van der Waals surface area contributed by atoms with Crippen molar-refractivity contribution in [3.63, 3.8) is 0 Å². The van der Waals surface area contributed by atoms with Crippen LogP contribution in [0.25, 0.3) is 6.08 Å². The molecule has 0 bridgehead atoms. The van der Waals surface area contributed by atoms with E-state index in [1.165, 1.54) is 30.5 Å². The third kappa shape index (κ3) is 4.87. The van der Waals surface area contributed by atoms with E-state index in [4.69, 9.17) is 4.74 Å². The monoisotopic (exact) mass is 446 g/mol. The fraction of sp³-hybridized carbons (Fsp3) is 0.0833. The molecule has 2 heterocycles. The van der Waals surface area contributed by atoms with Gasteiger partial charge in [-0.05, 0) is 60.5 Å². The van der Waals surface area contributed by atoms with Gasteiger partial charge in [0.25, 0.3) is 5.91 Å². The second-order valence-corrected chi connectivity index (χ2v) is 7.42. The van der Waals surface area contributed by atoms with Crippen molar-refractivity contribution >= 4 is 29.6 Å². The minimum Gasteiger partial charge on any atom is -0.453 e. The fourth-order valence-corrected chi connectivity index (χ4v) is 3.25. The van der Waals surface area contributed by atoms with E-state index in [1.54, 1.807) is 55.6 Å². The summed E-state index contributed by atoms with van der Waals surface area (Å²) in [6.07, 6.45) is 5.78. The molecule has 1 aromatic heterocycles. The van der Waals surface area contributed by atoms with Crippen molar-refractivity contribution in [2.75, 3.05) is 5.32 Å². The number of urea groups is 1. The molecule has 1 fully saturated rings. The summed E-state index contributed by atoms with van der Waals surface area (Å²) in [6.45, 7) is 1.57. The number of carbonyl (C=O) groups is 3. The number of ether oxygens (including phenoxy) is 1. The Hall–Kier alpha value is -4.53. The van der Waals surface area contributed by atoms with Gasteiger partial charge in [-0.25, -0.2) is 9.18 Å². The second kappa shape index (κ2) is 8.91. The average Bonchev–Trinajstić information content (AvgIpc) is 3.07. The van der Waals surface area contributed by atoms with Gasteiger partial charge in [-0.2, -0.15) is 0 Å². The standard InChI is InChI=1S/C24H19FN4O4/c1-24(22(31)28-23(32)29-24)16-4-2-5-17(13-16)27-21(30)10-8-15-7-9-20(19(25)12-15)33-18-6-3-11-26-14-18/h2-14H,1H3,(H,27,30)(H2,28,29,31,32)/b10-8+. The van der Waals surface area contributed by atoms with Crippen LogP contribution in [0.1, 0.15) is 18.1 Å². The number of hydrogen-bond donors (Lipinski definition) is 3. The number of halogens is 1. The fourth-order valence-electron chi connectivity index (χ4n) is 3.25. The molecule has 4 amide bonds. The number of carbonyl (C=O) groups excluding carboxylic acids is 3. The van der Waals surface area contributed by atoms with Gasteiger partial charge in [0, 0.05) is 18.0 Å². The van der Waals surface area contributed by atoms with Crippen molar-refractivity contribution in [3.8, 4) is 11.5 Å². The minimum absolute atomic E-state index is 0.0398. The number of pyridine rings is 1. The van der Waals surface area contributed by atoms with Gasteiger partial charge in [0.2, 0.25) is 5.91 Å². The summed E-state index contributed by atoms with van der Waals surface area (Å²) in [4.78, 5) is 39.9. The lowest BCUT2D eigenvalue weighted by atomic mass is 9.92. The lowest BCUT2D eigenvalue weighted by molar-refractivity contribution is -0.123. The maximum Gasteiger partial charge on any atom is 0.322 e. The average molecular weight is 446 g/mol. The molecule has 3 N–H and O–H groups in total. The quantitative estimate of drug-likeness (QED) is 0.395. The lowest BCUT2D eigenvalue weighted by Crippen LogP contribution is -2.40. The number of hydrogen-bond acceptors (Lipinski definition) is 5. The first-order valence-electron chi connectivity index (χ1n) is 9.94. The topological polar surface area (TPSA) is 109 Å². The number of imide groups is 1. The first kappa shape index (κ1) is 21.7. The first-order chi connectivity index (χ1) is 15.8. The Morgan fingerprint density at radius 3 is 2.70 bits per heavy atom. The van der Waals surface area contributed by atoms with Crippen LogP contribution in [0.15, 0.2) is 73.1 Å². The van der Waals surface area contributed by atoms with Crippen LogP contribution in [-0.4, -0.2) is 22.8 Å². The van der Waals surface area contributed by atoms with E-state index < -0.39 is 29.2 Å². The molecule has 0 saturated carbocycles. The van der Waals surface area contributed by atoms with E-state index in [0.29, 0.717) is 22.6 Å². The third-order valence-corrected chi connectivity index (χ3v) is 5.00. The number of benzene rings is 2. The van der Waals surface area contributed by atoms with E-state index in [0.717, 1.165) is 0 Å². The van der Waals surface area contributed by atoms with Gasteiger partial charge in [-0.3, -0.25) is 19.9 Å². The van der Waals surface area contributed by atoms with Crippen LogP contribution in [0.4, 0.5) is 14.9 Å². The molecule has 9 heteroatoms. The number of aromatic nitrogens is 1. The predicted molar refractivity (Wildman–Crippen MR) is 119 cm³/mol. The smallest absolute Gasteiger partial charge is 0.322 e. The van der Waals surface area contributed by atoms with E-state index in [2.05, 4.69) is 20.9 Å². The number of rotatable bonds is 6. The van der Waals surface area contributed by atoms with Crippen molar-refractivity contribution in [1.29, 1.82) is 0 Å². The van der Waals surface area contributed by atoms with Gasteiger partial charge < -0.3 is 15.4 Å². The van der Waals surface area contributed by atoms with E-state index >= 15 is 0 Å². The number of amides is 4. The summed E-state index contributed by atoms with van der Waals surface area (Å²) in [5.41, 5.74) is 0.181. The molecule has 2 aromatic carbocycles. The summed E-state index contributed by atoms with van der Waals surface area (Å²) in [5, 5.41) is 7.45. The Labute approximate surface area is 188 Å². The van der Waals surface area contributed by atoms with E-state index in [9.17, 15) is 18.8 Å². The Balaban J connectivity index is 1.42. The van der Waals surface area contributed by atoms with Gasteiger partial charge in [-0.1, -0.05) is 18.2 Å². The van der Waals surface area contributed by atoms with Crippen LogP contribution in [0.2, 0.25) is 0 Å². The highest BCUT2D eigenvalue weighted by molar-refractivity contribution is 6.07. The molecule has 3 aromatic rings. The first-order valence-corrected chi connectivity index (χ1v) is 9.94. The molecule has 0 aliphatic carbocycles. The molecule has 1 saturated heterocycles. The molecule has 0 radical (unpaired) electrons. The number of anilines is 1. The Bertz CT molecular complexity index is 1260. The Kier molecular flexibility index (Phi) is 5.86. The van der Waals surface area contributed by atoms with Crippen LogP contribution < -0.4 is 20.7 Å². The molecule has 1 atom stereocenters. The van der Waals surface area contributed by atoms with Crippen molar-refractivity contribution in [1.82, 2.24) is 15.6 Å². The SMILES string of the molecule is CC1(c2cccc(NC(=O)/C=C/c3ccc(Oc4cccnc4)c(F)c3)c2)NC(=O)NC1=O. The van der Waals surface area contributed by atoms with Crippen molar-refractivity contribution < 1.29 is 23.5 Å². The molecule has 33 heavy (non-hydrogen) atoms. The van der Waals surface area contributed by atoms with Gasteiger partial charge in [0.15, 0.2) is 11.6 Å². The number of nitrogens with zero attached hydrogens (tertiary/aromatic N) is 1. The van der Waals surface area contributed by atoms with Crippen LogP contribution >= 0.6 is 0 Å². The lowest BCUT2D eigenvalue weighted by Gasteiger charge is -2.21. The molecular weight excluding hydrogens is 427 g/mol. The van der Waals surface area contributed by atoms with Gasteiger partial charge in [0.1, 0.15) is 11.3 Å².